The van der Waals surface area contributed by atoms with E-state index in [2.05, 4.69) is 26.2 Å². The van der Waals surface area contributed by atoms with Gasteiger partial charge in [-0.25, -0.2) is 4.79 Å². The van der Waals surface area contributed by atoms with Crippen LogP contribution < -0.4 is 0 Å². The van der Waals surface area contributed by atoms with Crippen molar-refractivity contribution in [2.75, 3.05) is 0 Å². The molecule has 0 spiro atoms. The second-order valence-electron chi connectivity index (χ2n) is 5.90. The van der Waals surface area contributed by atoms with E-state index in [9.17, 15) is 9.90 Å². The van der Waals surface area contributed by atoms with Crippen molar-refractivity contribution in [1.82, 2.24) is 0 Å². The molecule has 1 aliphatic heterocycles. The molecular weight excluding hydrogens is 228 g/mol. The summed E-state index contributed by atoms with van der Waals surface area (Å²) < 4.78 is 5.49. The molecule has 3 rings (SSSR count). The quantitative estimate of drug-likeness (QED) is 0.404. The Hall–Kier alpha value is -1.35. The molecule has 0 aromatic heterocycles. The number of carbonyl (C=O) groups excluding carboxylic acids is 1. The maximum Gasteiger partial charge on any atom is 0.334 e. The molecule has 1 heterocycles. The molecule has 0 amide bonds. The minimum Gasteiger partial charge on any atom is -0.458 e. The van der Waals surface area contributed by atoms with Crippen molar-refractivity contribution in [2.24, 2.45) is 17.3 Å². The lowest BCUT2D eigenvalue weighted by atomic mass is 9.57. The summed E-state index contributed by atoms with van der Waals surface area (Å²) in [5.41, 5.74) is 1.28. The van der Waals surface area contributed by atoms with E-state index in [1.807, 2.05) is 0 Å². The second kappa shape index (κ2) is 3.58. The van der Waals surface area contributed by atoms with Crippen molar-refractivity contribution in [2.45, 2.75) is 32.0 Å². The smallest absolute Gasteiger partial charge is 0.334 e. The summed E-state index contributed by atoms with van der Waals surface area (Å²) in [6.07, 6.45) is 4.91. The van der Waals surface area contributed by atoms with Crippen LogP contribution in [0.5, 0.6) is 0 Å². The van der Waals surface area contributed by atoms with Crippen LogP contribution in [-0.4, -0.2) is 23.3 Å². The van der Waals surface area contributed by atoms with Crippen molar-refractivity contribution in [1.29, 1.82) is 0 Å². The zero-order valence-corrected chi connectivity index (χ0v) is 10.6. The molecular formula is C15H18O3. The SMILES string of the molecule is C=C1[C@@H]2[C@H]3OC(=O)C(=C)[C@@H]3CC[C@@]2(C)C=C[C@@H]1O. The summed E-state index contributed by atoms with van der Waals surface area (Å²) in [5, 5.41) is 9.93. The van der Waals surface area contributed by atoms with Gasteiger partial charge in [0.2, 0.25) is 0 Å². The molecule has 1 saturated carbocycles. The fraction of sp³-hybridized carbons (Fsp3) is 0.533. The molecule has 2 aliphatic carbocycles. The first kappa shape index (κ1) is 11.7. The van der Waals surface area contributed by atoms with Gasteiger partial charge in [0.25, 0.3) is 0 Å². The summed E-state index contributed by atoms with van der Waals surface area (Å²) >= 11 is 0. The van der Waals surface area contributed by atoms with E-state index in [0.29, 0.717) is 5.57 Å². The van der Waals surface area contributed by atoms with Crippen LogP contribution in [0.4, 0.5) is 0 Å². The van der Waals surface area contributed by atoms with Gasteiger partial charge < -0.3 is 9.84 Å². The Bertz CT molecular complexity index is 476. The lowest BCUT2D eigenvalue weighted by molar-refractivity contribution is -0.143. The predicted molar refractivity (Wildman–Crippen MR) is 67.6 cm³/mol. The molecule has 0 bridgehead atoms. The van der Waals surface area contributed by atoms with Gasteiger partial charge >= 0.3 is 5.97 Å². The van der Waals surface area contributed by atoms with Crippen LogP contribution >= 0.6 is 0 Å². The summed E-state index contributed by atoms with van der Waals surface area (Å²) in [5.74, 6) is -0.198. The van der Waals surface area contributed by atoms with Gasteiger partial charge in [0.1, 0.15) is 6.10 Å². The number of esters is 1. The van der Waals surface area contributed by atoms with Gasteiger partial charge in [-0.1, -0.05) is 32.2 Å². The zero-order valence-electron chi connectivity index (χ0n) is 10.6. The maximum absolute atomic E-state index is 11.7. The highest BCUT2D eigenvalue weighted by atomic mass is 16.6. The Morgan fingerprint density at radius 3 is 2.94 bits per heavy atom. The van der Waals surface area contributed by atoms with E-state index in [1.54, 1.807) is 6.08 Å². The normalized spacial score (nSPS) is 46.7. The third-order valence-corrected chi connectivity index (χ3v) is 4.82. The second-order valence-corrected chi connectivity index (χ2v) is 5.90. The topological polar surface area (TPSA) is 46.5 Å². The third-order valence-electron chi connectivity index (χ3n) is 4.82. The first-order valence-corrected chi connectivity index (χ1v) is 6.40. The van der Waals surface area contributed by atoms with Gasteiger partial charge in [-0.15, -0.1) is 0 Å². The highest BCUT2D eigenvalue weighted by Gasteiger charge is 2.55. The van der Waals surface area contributed by atoms with E-state index >= 15 is 0 Å². The number of fused-ring (bicyclic) bond motifs is 3. The summed E-state index contributed by atoms with van der Waals surface area (Å²) in [6.45, 7) is 10.0. The van der Waals surface area contributed by atoms with E-state index in [4.69, 9.17) is 4.74 Å². The van der Waals surface area contributed by atoms with Crippen LogP contribution in [0, 0.1) is 17.3 Å². The number of rotatable bonds is 0. The molecule has 0 radical (unpaired) electrons. The number of aliphatic hydroxyl groups excluding tert-OH is 1. The molecule has 3 aliphatic rings. The number of aliphatic hydroxyl groups is 1. The van der Waals surface area contributed by atoms with Crippen molar-refractivity contribution in [3.63, 3.8) is 0 Å². The van der Waals surface area contributed by atoms with Gasteiger partial charge in [-0.2, -0.15) is 0 Å². The average Bonchev–Trinajstić information content (AvgIpc) is 2.60. The van der Waals surface area contributed by atoms with E-state index in [1.165, 1.54) is 0 Å². The van der Waals surface area contributed by atoms with Crippen molar-refractivity contribution < 1.29 is 14.6 Å². The molecule has 0 aromatic carbocycles. The number of ether oxygens (including phenoxy) is 1. The monoisotopic (exact) mass is 246 g/mol. The standard InChI is InChI=1S/C15H18O3/c1-8-10-4-6-15(3)7-5-11(16)9(2)12(15)13(10)18-14(8)17/h5,7,10-13,16H,1-2,4,6H2,3H3/t10-,11-,12+,13-,15-/m0/s1. The first-order valence-electron chi connectivity index (χ1n) is 6.40. The van der Waals surface area contributed by atoms with Crippen LogP contribution in [-0.2, 0) is 9.53 Å². The molecule has 0 aromatic rings. The number of carbonyl (C=O) groups is 1. The Morgan fingerprint density at radius 2 is 2.22 bits per heavy atom. The van der Waals surface area contributed by atoms with E-state index < -0.39 is 6.10 Å². The van der Waals surface area contributed by atoms with Crippen molar-refractivity contribution in [3.05, 3.63) is 36.5 Å². The molecule has 96 valence electrons. The largest absolute Gasteiger partial charge is 0.458 e. The Kier molecular flexibility index (Phi) is 2.33. The van der Waals surface area contributed by atoms with Gasteiger partial charge in [-0.3, -0.25) is 0 Å². The molecule has 3 heteroatoms. The Morgan fingerprint density at radius 1 is 1.50 bits per heavy atom. The lowest BCUT2D eigenvalue weighted by Gasteiger charge is -2.48. The molecule has 1 saturated heterocycles. The fourth-order valence-electron chi connectivity index (χ4n) is 3.71. The predicted octanol–water partition coefficient (Wildman–Crippen LogP) is 1.99. The minimum absolute atomic E-state index is 0.000509. The van der Waals surface area contributed by atoms with Crippen LogP contribution in [0.2, 0.25) is 0 Å². The average molecular weight is 246 g/mol. The van der Waals surface area contributed by atoms with Crippen LogP contribution in [0.1, 0.15) is 19.8 Å². The van der Waals surface area contributed by atoms with Crippen molar-refractivity contribution in [3.8, 4) is 0 Å². The molecule has 2 fully saturated rings. The first-order chi connectivity index (χ1) is 8.44. The van der Waals surface area contributed by atoms with E-state index in [0.717, 1.165) is 18.4 Å². The maximum atomic E-state index is 11.7. The van der Waals surface area contributed by atoms with Crippen LogP contribution in [0.3, 0.4) is 0 Å². The van der Waals surface area contributed by atoms with Gasteiger partial charge in [-0.05, 0) is 23.8 Å². The summed E-state index contributed by atoms with van der Waals surface area (Å²) in [7, 11) is 0. The summed E-state index contributed by atoms with van der Waals surface area (Å²) in [6, 6.07) is 0. The van der Waals surface area contributed by atoms with Gasteiger partial charge in [0, 0.05) is 17.4 Å². The molecule has 1 N–H and O–H groups in total. The Labute approximate surface area is 107 Å². The Balaban J connectivity index is 2.03. The summed E-state index contributed by atoms with van der Waals surface area (Å²) in [4.78, 5) is 11.7. The lowest BCUT2D eigenvalue weighted by Crippen LogP contribution is -2.47. The molecule has 5 atom stereocenters. The molecule has 3 nitrogen and oxygen atoms in total. The highest BCUT2D eigenvalue weighted by molar-refractivity contribution is 5.91. The van der Waals surface area contributed by atoms with Crippen molar-refractivity contribution >= 4 is 5.97 Å². The number of hydrogen-bond donors (Lipinski definition) is 1. The zero-order chi connectivity index (χ0) is 13.1. The third kappa shape index (κ3) is 1.37. The van der Waals surface area contributed by atoms with Gasteiger partial charge in [0.15, 0.2) is 0 Å². The number of allylic oxidation sites excluding steroid dienone is 1. The highest BCUT2D eigenvalue weighted by Crippen LogP contribution is 2.54. The fourth-order valence-corrected chi connectivity index (χ4v) is 3.71. The van der Waals surface area contributed by atoms with E-state index in [-0.39, 0.29) is 29.3 Å². The van der Waals surface area contributed by atoms with Crippen LogP contribution in [0.25, 0.3) is 0 Å². The molecule has 0 unspecified atom stereocenters. The molecule has 18 heavy (non-hydrogen) atoms. The van der Waals surface area contributed by atoms with Crippen LogP contribution in [0.15, 0.2) is 36.5 Å². The minimum atomic E-state index is -0.630. The van der Waals surface area contributed by atoms with Gasteiger partial charge in [0.05, 0.1) is 6.10 Å². The number of hydrogen-bond acceptors (Lipinski definition) is 3.